The molecule has 1 atom stereocenters. The Morgan fingerprint density at radius 1 is 1.20 bits per heavy atom. The topological polar surface area (TPSA) is 64.3 Å². The summed E-state index contributed by atoms with van der Waals surface area (Å²) in [6.45, 7) is 3.01. The number of fused-ring (bicyclic) bond motifs is 1. The third-order valence-electron chi connectivity index (χ3n) is 4.73. The minimum absolute atomic E-state index is 0. The number of aryl methyl sites for hydroxylation is 1. The molecule has 25 heavy (non-hydrogen) atoms. The van der Waals surface area contributed by atoms with Gasteiger partial charge in [-0.1, -0.05) is 24.3 Å². The van der Waals surface area contributed by atoms with E-state index in [-0.39, 0.29) is 18.3 Å². The Morgan fingerprint density at radius 3 is 2.64 bits per heavy atom. The standard InChI is InChI=1S/C20H24N2O2.ClH/c1-20(12-4-6-15-5-2-3-7-18(15)20)19(23)22-16-8-10-17(11-9-16)24-14-13-21;/h2-3,5,7-11H,4,6,12-14,21H2,1H3,(H,22,23);1H. The first-order valence-electron chi connectivity index (χ1n) is 8.46. The molecule has 0 radical (unpaired) electrons. The Bertz CT molecular complexity index is 718. The summed E-state index contributed by atoms with van der Waals surface area (Å²) in [6.07, 6.45) is 2.95. The van der Waals surface area contributed by atoms with Gasteiger partial charge in [-0.3, -0.25) is 4.79 Å². The van der Waals surface area contributed by atoms with Gasteiger partial charge in [-0.05, 0) is 61.6 Å². The number of carbonyl (C=O) groups excluding carboxylic acids is 1. The molecule has 134 valence electrons. The van der Waals surface area contributed by atoms with Crippen molar-refractivity contribution in [1.82, 2.24) is 0 Å². The van der Waals surface area contributed by atoms with E-state index in [2.05, 4.69) is 17.4 Å². The Hall–Kier alpha value is -2.04. The second-order valence-electron chi connectivity index (χ2n) is 6.46. The Kier molecular flexibility index (Phi) is 6.45. The van der Waals surface area contributed by atoms with Crippen LogP contribution in [0.5, 0.6) is 5.75 Å². The number of hydrogen-bond donors (Lipinski definition) is 2. The van der Waals surface area contributed by atoms with Crippen LogP contribution in [0.4, 0.5) is 5.69 Å². The maximum Gasteiger partial charge on any atom is 0.234 e. The number of nitrogens with one attached hydrogen (secondary N) is 1. The highest BCUT2D eigenvalue weighted by atomic mass is 35.5. The summed E-state index contributed by atoms with van der Waals surface area (Å²) in [7, 11) is 0. The first kappa shape index (κ1) is 19.3. The van der Waals surface area contributed by atoms with E-state index >= 15 is 0 Å². The first-order chi connectivity index (χ1) is 11.6. The summed E-state index contributed by atoms with van der Waals surface area (Å²) in [5, 5.41) is 3.06. The quantitative estimate of drug-likeness (QED) is 0.854. The minimum Gasteiger partial charge on any atom is -0.492 e. The normalized spacial score (nSPS) is 18.6. The molecule has 1 amide bonds. The predicted molar refractivity (Wildman–Crippen MR) is 104 cm³/mol. The molecule has 0 fully saturated rings. The molecule has 0 bridgehead atoms. The van der Waals surface area contributed by atoms with Crippen LogP contribution in [0.1, 0.15) is 30.9 Å². The van der Waals surface area contributed by atoms with E-state index in [4.69, 9.17) is 10.5 Å². The van der Waals surface area contributed by atoms with Crippen molar-refractivity contribution in [2.24, 2.45) is 5.73 Å². The van der Waals surface area contributed by atoms with Gasteiger partial charge < -0.3 is 15.8 Å². The molecule has 0 heterocycles. The molecule has 0 aliphatic heterocycles. The number of rotatable bonds is 5. The smallest absolute Gasteiger partial charge is 0.234 e. The second-order valence-corrected chi connectivity index (χ2v) is 6.46. The molecule has 2 aromatic rings. The summed E-state index contributed by atoms with van der Waals surface area (Å²) >= 11 is 0. The minimum atomic E-state index is -0.483. The van der Waals surface area contributed by atoms with Crippen molar-refractivity contribution in [1.29, 1.82) is 0 Å². The molecule has 3 N–H and O–H groups in total. The van der Waals surface area contributed by atoms with Gasteiger partial charge in [-0.2, -0.15) is 0 Å². The van der Waals surface area contributed by atoms with Gasteiger partial charge in [0.25, 0.3) is 0 Å². The molecule has 0 saturated heterocycles. The van der Waals surface area contributed by atoms with Gasteiger partial charge in [0.05, 0.1) is 5.41 Å². The lowest BCUT2D eigenvalue weighted by Crippen LogP contribution is -2.40. The molecule has 5 heteroatoms. The Balaban J connectivity index is 0.00000225. The molecule has 1 unspecified atom stereocenters. The molecule has 3 rings (SSSR count). The van der Waals surface area contributed by atoms with Crippen molar-refractivity contribution >= 4 is 24.0 Å². The lowest BCUT2D eigenvalue weighted by Gasteiger charge is -2.34. The van der Waals surface area contributed by atoms with Gasteiger partial charge in [0.2, 0.25) is 5.91 Å². The maximum atomic E-state index is 13.0. The number of nitrogens with two attached hydrogens (primary N) is 1. The first-order valence-corrected chi connectivity index (χ1v) is 8.46. The van der Waals surface area contributed by atoms with Gasteiger partial charge in [0.15, 0.2) is 0 Å². The molecular weight excluding hydrogens is 336 g/mol. The third-order valence-corrected chi connectivity index (χ3v) is 4.73. The number of hydrogen-bond acceptors (Lipinski definition) is 3. The zero-order chi connectivity index (χ0) is 17.0. The van der Waals surface area contributed by atoms with Gasteiger partial charge in [0.1, 0.15) is 12.4 Å². The molecule has 1 aliphatic carbocycles. The molecule has 2 aromatic carbocycles. The summed E-state index contributed by atoms with van der Waals surface area (Å²) in [6, 6.07) is 15.7. The number of benzene rings is 2. The molecule has 0 saturated carbocycles. The van der Waals surface area contributed by atoms with E-state index in [0.29, 0.717) is 13.2 Å². The molecule has 0 spiro atoms. The van der Waals surface area contributed by atoms with Gasteiger partial charge in [-0.15, -0.1) is 12.4 Å². The fourth-order valence-corrected chi connectivity index (χ4v) is 3.36. The van der Waals surface area contributed by atoms with Crippen molar-refractivity contribution < 1.29 is 9.53 Å². The largest absolute Gasteiger partial charge is 0.492 e. The average Bonchev–Trinajstić information content (AvgIpc) is 2.61. The molecule has 4 nitrogen and oxygen atoms in total. The van der Waals surface area contributed by atoms with E-state index in [1.54, 1.807) is 0 Å². The van der Waals surface area contributed by atoms with Crippen LogP contribution in [-0.2, 0) is 16.6 Å². The lowest BCUT2D eigenvalue weighted by atomic mass is 9.70. The second kappa shape index (κ2) is 8.37. The van der Waals surface area contributed by atoms with Crippen LogP contribution in [0.15, 0.2) is 48.5 Å². The summed E-state index contributed by atoms with van der Waals surface area (Å²) in [4.78, 5) is 13.0. The van der Waals surface area contributed by atoms with Crippen molar-refractivity contribution in [2.45, 2.75) is 31.6 Å². The zero-order valence-electron chi connectivity index (χ0n) is 14.5. The molecular formula is C20H25ClN2O2. The SMILES string of the molecule is CC1(C(=O)Nc2ccc(OCCN)cc2)CCCc2ccccc21.Cl. The van der Waals surface area contributed by atoms with Crippen molar-refractivity contribution in [3.63, 3.8) is 0 Å². The number of carbonyl (C=O) groups is 1. The van der Waals surface area contributed by atoms with E-state index in [1.807, 2.05) is 43.3 Å². The number of ether oxygens (including phenoxy) is 1. The Labute approximate surface area is 155 Å². The van der Waals surface area contributed by atoms with E-state index < -0.39 is 5.41 Å². The van der Waals surface area contributed by atoms with Crippen molar-refractivity contribution in [2.75, 3.05) is 18.5 Å². The summed E-state index contributed by atoms with van der Waals surface area (Å²) in [5.41, 5.74) is 8.16. The van der Waals surface area contributed by atoms with Crippen LogP contribution in [-0.4, -0.2) is 19.1 Å². The zero-order valence-corrected chi connectivity index (χ0v) is 15.3. The van der Waals surface area contributed by atoms with Gasteiger partial charge >= 0.3 is 0 Å². The number of anilines is 1. The van der Waals surface area contributed by atoms with Gasteiger partial charge in [0, 0.05) is 12.2 Å². The van der Waals surface area contributed by atoms with Crippen LogP contribution in [0.2, 0.25) is 0 Å². The predicted octanol–water partition coefficient (Wildman–Crippen LogP) is 3.68. The van der Waals surface area contributed by atoms with Crippen LogP contribution in [0.25, 0.3) is 0 Å². The summed E-state index contributed by atoms with van der Waals surface area (Å²) in [5.74, 6) is 0.804. The maximum absolute atomic E-state index is 13.0. The monoisotopic (exact) mass is 360 g/mol. The van der Waals surface area contributed by atoms with Crippen LogP contribution >= 0.6 is 12.4 Å². The number of halogens is 1. The van der Waals surface area contributed by atoms with Crippen molar-refractivity contribution in [3.8, 4) is 5.75 Å². The lowest BCUT2D eigenvalue weighted by molar-refractivity contribution is -0.121. The van der Waals surface area contributed by atoms with Crippen LogP contribution < -0.4 is 15.8 Å². The Morgan fingerprint density at radius 2 is 1.92 bits per heavy atom. The highest BCUT2D eigenvalue weighted by molar-refractivity contribution is 5.99. The number of amides is 1. The average molecular weight is 361 g/mol. The fraction of sp³-hybridized carbons (Fsp3) is 0.350. The van der Waals surface area contributed by atoms with E-state index in [9.17, 15) is 4.79 Å². The fourth-order valence-electron chi connectivity index (χ4n) is 3.36. The van der Waals surface area contributed by atoms with Crippen LogP contribution in [0.3, 0.4) is 0 Å². The van der Waals surface area contributed by atoms with E-state index in [1.165, 1.54) is 5.56 Å². The highest BCUT2D eigenvalue weighted by Crippen LogP contribution is 2.38. The van der Waals surface area contributed by atoms with E-state index in [0.717, 1.165) is 36.3 Å². The molecule has 0 aromatic heterocycles. The third kappa shape index (κ3) is 4.14. The van der Waals surface area contributed by atoms with Gasteiger partial charge in [-0.25, -0.2) is 0 Å². The van der Waals surface area contributed by atoms with Crippen molar-refractivity contribution in [3.05, 3.63) is 59.7 Å². The molecule has 1 aliphatic rings. The summed E-state index contributed by atoms with van der Waals surface area (Å²) < 4.78 is 5.46. The highest BCUT2D eigenvalue weighted by Gasteiger charge is 2.38. The van der Waals surface area contributed by atoms with Crippen LogP contribution in [0, 0.1) is 0 Å².